The predicted molar refractivity (Wildman–Crippen MR) is 377 cm³/mol. The second-order valence-corrected chi connectivity index (χ2v) is 30.8. The summed E-state index contributed by atoms with van der Waals surface area (Å²) >= 11 is 0. The SMILES string of the molecule is CCCCCCCCCCCCCCCCCCCCCCC(=O)O[C@H](COC(=O)CCCCCCCCCCCCC(C)CC)COP(=O)(O)OC[C@@H](O)COP(=O)(O)OC[C@@H](COC(=O)CCCCCCCCC(C)C)OC(=O)CCCCCCCCCC(C)C. The van der Waals surface area contributed by atoms with E-state index < -0.39 is 97.5 Å². The largest absolute Gasteiger partial charge is 0.472 e. The van der Waals surface area contributed by atoms with Crippen molar-refractivity contribution in [1.82, 2.24) is 0 Å². The molecule has 0 fully saturated rings. The van der Waals surface area contributed by atoms with Gasteiger partial charge in [0.1, 0.15) is 19.3 Å². The zero-order chi connectivity index (χ0) is 68.7. The summed E-state index contributed by atoms with van der Waals surface area (Å²) in [5.74, 6) is 0.0583. The van der Waals surface area contributed by atoms with Crippen molar-refractivity contribution in [3.63, 3.8) is 0 Å². The van der Waals surface area contributed by atoms with Crippen molar-refractivity contribution < 1.29 is 80.2 Å². The lowest BCUT2D eigenvalue weighted by Gasteiger charge is -2.21. The molecule has 0 aromatic heterocycles. The number of unbranched alkanes of at least 4 members (excludes halogenated alkanes) is 39. The number of carbonyl (C=O) groups is 4. The quantitative estimate of drug-likeness (QED) is 0.0222. The Morgan fingerprint density at radius 3 is 0.817 bits per heavy atom. The van der Waals surface area contributed by atoms with Gasteiger partial charge in [-0.2, -0.15) is 0 Å². The third-order valence-electron chi connectivity index (χ3n) is 17.5. The Bertz CT molecular complexity index is 1820. The van der Waals surface area contributed by atoms with Crippen LogP contribution in [0.15, 0.2) is 0 Å². The van der Waals surface area contributed by atoms with E-state index in [2.05, 4.69) is 48.5 Å². The summed E-state index contributed by atoms with van der Waals surface area (Å²) in [5.41, 5.74) is 0. The smallest absolute Gasteiger partial charge is 0.462 e. The number of rotatable bonds is 72. The van der Waals surface area contributed by atoms with Crippen molar-refractivity contribution in [1.29, 1.82) is 0 Å². The highest BCUT2D eigenvalue weighted by atomic mass is 31.2. The number of phosphoric acid groups is 2. The zero-order valence-corrected chi connectivity index (χ0v) is 62.5. The number of carbonyl (C=O) groups excluding carboxylic acids is 4. The first-order valence-electron chi connectivity index (χ1n) is 38.4. The van der Waals surface area contributed by atoms with Gasteiger partial charge in [-0.1, -0.05) is 325 Å². The molecule has 0 radical (unpaired) electrons. The molecule has 3 N–H and O–H groups in total. The molecule has 0 saturated heterocycles. The Labute approximate surface area is 568 Å². The first kappa shape index (κ1) is 91.1. The number of aliphatic hydroxyl groups is 1. The molecule has 19 heteroatoms. The Kier molecular flexibility index (Phi) is 63.4. The molecule has 0 heterocycles. The van der Waals surface area contributed by atoms with Gasteiger partial charge in [-0.3, -0.25) is 37.3 Å². The summed E-state index contributed by atoms with van der Waals surface area (Å²) in [6, 6.07) is 0. The van der Waals surface area contributed by atoms with Crippen molar-refractivity contribution in [2.75, 3.05) is 39.6 Å². The van der Waals surface area contributed by atoms with Crippen LogP contribution >= 0.6 is 15.6 Å². The molecule has 0 spiro atoms. The van der Waals surface area contributed by atoms with Gasteiger partial charge in [0, 0.05) is 25.7 Å². The molecule has 552 valence electrons. The van der Waals surface area contributed by atoms with Crippen LogP contribution in [0.1, 0.15) is 376 Å². The molecule has 0 bridgehead atoms. The van der Waals surface area contributed by atoms with E-state index in [0.29, 0.717) is 37.5 Å². The molecular weight excluding hydrogens is 1220 g/mol. The van der Waals surface area contributed by atoms with E-state index >= 15 is 0 Å². The Morgan fingerprint density at radius 2 is 0.548 bits per heavy atom. The molecular formula is C74H144O17P2. The second-order valence-electron chi connectivity index (χ2n) is 27.9. The number of esters is 4. The van der Waals surface area contributed by atoms with Gasteiger partial charge >= 0.3 is 39.5 Å². The summed E-state index contributed by atoms with van der Waals surface area (Å²) in [6.07, 6.45) is 50.3. The highest BCUT2D eigenvalue weighted by Gasteiger charge is 2.30. The molecule has 93 heavy (non-hydrogen) atoms. The second kappa shape index (κ2) is 64.7. The minimum absolute atomic E-state index is 0.102. The number of aliphatic hydroxyl groups excluding tert-OH is 1. The van der Waals surface area contributed by atoms with Crippen molar-refractivity contribution in [3.05, 3.63) is 0 Å². The topological polar surface area (TPSA) is 237 Å². The van der Waals surface area contributed by atoms with Crippen LogP contribution < -0.4 is 0 Å². The molecule has 0 aromatic carbocycles. The van der Waals surface area contributed by atoms with E-state index in [1.165, 1.54) is 180 Å². The number of phosphoric ester groups is 2. The lowest BCUT2D eigenvalue weighted by molar-refractivity contribution is -0.161. The lowest BCUT2D eigenvalue weighted by Crippen LogP contribution is -2.30. The molecule has 0 aromatic rings. The fraction of sp³-hybridized carbons (Fsp3) is 0.946. The Morgan fingerprint density at radius 1 is 0.312 bits per heavy atom. The summed E-state index contributed by atoms with van der Waals surface area (Å²) in [4.78, 5) is 72.6. The zero-order valence-electron chi connectivity index (χ0n) is 60.7. The molecule has 0 rings (SSSR count). The van der Waals surface area contributed by atoms with Crippen LogP contribution in [0.4, 0.5) is 0 Å². The lowest BCUT2D eigenvalue weighted by atomic mass is 9.99. The average molecular weight is 1370 g/mol. The van der Waals surface area contributed by atoms with Crippen LogP contribution in [0.2, 0.25) is 0 Å². The van der Waals surface area contributed by atoms with E-state index in [-0.39, 0.29) is 25.7 Å². The molecule has 3 unspecified atom stereocenters. The maximum Gasteiger partial charge on any atom is 0.472 e. The third kappa shape index (κ3) is 67.0. The van der Waals surface area contributed by atoms with E-state index in [4.69, 9.17) is 37.0 Å². The van der Waals surface area contributed by atoms with Gasteiger partial charge in [0.25, 0.3) is 0 Å². The van der Waals surface area contributed by atoms with Crippen LogP contribution in [-0.4, -0.2) is 96.7 Å². The fourth-order valence-electron chi connectivity index (χ4n) is 11.2. The van der Waals surface area contributed by atoms with Gasteiger partial charge in [0.15, 0.2) is 12.2 Å². The van der Waals surface area contributed by atoms with Crippen molar-refractivity contribution in [2.24, 2.45) is 17.8 Å². The van der Waals surface area contributed by atoms with Crippen LogP contribution in [0.3, 0.4) is 0 Å². The fourth-order valence-corrected chi connectivity index (χ4v) is 12.8. The maximum atomic E-state index is 13.1. The molecule has 0 amide bonds. The summed E-state index contributed by atoms with van der Waals surface area (Å²) in [7, 11) is -9.91. The first-order chi connectivity index (χ1) is 44.8. The van der Waals surface area contributed by atoms with E-state index in [9.17, 15) is 43.2 Å². The van der Waals surface area contributed by atoms with Gasteiger partial charge in [0.05, 0.1) is 26.4 Å². The molecule has 0 aliphatic carbocycles. The predicted octanol–water partition coefficient (Wildman–Crippen LogP) is 21.4. The number of hydrogen-bond acceptors (Lipinski definition) is 15. The Hall–Kier alpha value is -1.94. The number of ether oxygens (including phenoxy) is 4. The first-order valence-corrected chi connectivity index (χ1v) is 41.4. The van der Waals surface area contributed by atoms with E-state index in [1.807, 2.05) is 0 Å². The van der Waals surface area contributed by atoms with E-state index in [1.54, 1.807) is 0 Å². The molecule has 6 atom stereocenters. The summed E-state index contributed by atoms with van der Waals surface area (Å²) in [5, 5.41) is 10.6. The number of hydrogen-bond donors (Lipinski definition) is 3. The van der Waals surface area contributed by atoms with Gasteiger partial charge in [-0.15, -0.1) is 0 Å². The highest BCUT2D eigenvalue weighted by Crippen LogP contribution is 2.45. The normalized spacial score (nSPS) is 14.4. The molecule has 17 nitrogen and oxygen atoms in total. The van der Waals surface area contributed by atoms with Gasteiger partial charge in [-0.05, 0) is 43.4 Å². The molecule has 0 saturated carbocycles. The van der Waals surface area contributed by atoms with Crippen LogP contribution in [0.5, 0.6) is 0 Å². The Balaban J connectivity index is 5.20. The van der Waals surface area contributed by atoms with E-state index in [0.717, 1.165) is 102 Å². The van der Waals surface area contributed by atoms with Crippen molar-refractivity contribution in [3.8, 4) is 0 Å². The third-order valence-corrected chi connectivity index (χ3v) is 19.4. The van der Waals surface area contributed by atoms with Crippen molar-refractivity contribution >= 4 is 39.5 Å². The van der Waals surface area contributed by atoms with Crippen LogP contribution in [0.25, 0.3) is 0 Å². The molecule has 0 aliphatic heterocycles. The van der Waals surface area contributed by atoms with Crippen LogP contribution in [0, 0.1) is 17.8 Å². The minimum Gasteiger partial charge on any atom is -0.462 e. The van der Waals surface area contributed by atoms with Gasteiger partial charge < -0.3 is 33.8 Å². The summed E-state index contributed by atoms with van der Waals surface area (Å²) in [6.45, 7) is 11.8. The summed E-state index contributed by atoms with van der Waals surface area (Å²) < 4.78 is 68.4. The van der Waals surface area contributed by atoms with Gasteiger partial charge in [-0.25, -0.2) is 9.13 Å². The minimum atomic E-state index is -4.96. The highest BCUT2D eigenvalue weighted by molar-refractivity contribution is 7.47. The standard InChI is InChI=1S/C74H144O17P2/c1-8-10-11-12-13-14-15-16-17-18-19-20-21-22-23-24-29-34-43-50-57-73(78)90-69(61-84-71(76)55-48-41-33-28-26-25-27-32-40-47-54-67(7)9-2)63-88-92(80,81)86-59-68(75)60-87-93(82,83)89-64-70(62-85-72(77)56-49-42-37-36-39-46-53-66(5)6)91-74(79)58-51-44-35-30-31-38-45-52-65(3)4/h65-70,75H,8-64H2,1-7H3,(H,80,81)(H,82,83)/t67?,68-,69-,70-/m1/s1. The molecule has 0 aliphatic rings. The van der Waals surface area contributed by atoms with Crippen molar-refractivity contribution in [2.45, 2.75) is 394 Å². The van der Waals surface area contributed by atoms with Crippen LogP contribution in [-0.2, 0) is 65.4 Å². The van der Waals surface area contributed by atoms with Gasteiger partial charge in [0.2, 0.25) is 0 Å². The monoisotopic (exact) mass is 1370 g/mol. The average Bonchev–Trinajstić information content (AvgIpc) is 2.60. The maximum absolute atomic E-state index is 13.1.